The van der Waals surface area contributed by atoms with Crippen LogP contribution in [0, 0.1) is 5.41 Å². The van der Waals surface area contributed by atoms with Gasteiger partial charge in [-0.2, -0.15) is 0 Å². The van der Waals surface area contributed by atoms with E-state index < -0.39 is 5.97 Å². The summed E-state index contributed by atoms with van der Waals surface area (Å²) < 4.78 is 0. The number of carboxylic acids is 1. The van der Waals surface area contributed by atoms with Crippen LogP contribution < -0.4 is 0 Å². The van der Waals surface area contributed by atoms with Gasteiger partial charge in [0.1, 0.15) is 0 Å². The zero-order chi connectivity index (χ0) is 13.4. The van der Waals surface area contributed by atoms with E-state index in [9.17, 15) is 9.90 Å². The minimum Gasteiger partial charge on any atom is -0.481 e. The summed E-state index contributed by atoms with van der Waals surface area (Å²) in [6.45, 7) is 1.89. The van der Waals surface area contributed by atoms with E-state index in [4.69, 9.17) is 5.11 Å². The molecular formula is C15H26O3. The molecule has 0 spiro atoms. The highest BCUT2D eigenvalue weighted by Crippen LogP contribution is 2.39. The standard InChI is InChI=1S/C15H26O3/c1-13(16)15(11-7-4-8-12-15)10-6-3-2-5-9-14(17)18/h7,11,13,16H,2-6,8-10,12H2,1H3,(H,17,18). The molecule has 1 rings (SSSR count). The van der Waals surface area contributed by atoms with Crippen molar-refractivity contribution in [2.24, 2.45) is 5.41 Å². The van der Waals surface area contributed by atoms with Crippen LogP contribution in [0.1, 0.15) is 64.7 Å². The predicted molar refractivity (Wildman–Crippen MR) is 72.4 cm³/mol. The van der Waals surface area contributed by atoms with Gasteiger partial charge in [0.25, 0.3) is 0 Å². The van der Waals surface area contributed by atoms with Gasteiger partial charge in [0.15, 0.2) is 0 Å². The molecule has 0 saturated heterocycles. The Morgan fingerprint density at radius 1 is 1.33 bits per heavy atom. The Labute approximate surface area is 110 Å². The first-order valence-electron chi connectivity index (χ1n) is 7.14. The summed E-state index contributed by atoms with van der Waals surface area (Å²) in [7, 11) is 0. The Bertz CT molecular complexity index is 283. The normalized spacial score (nSPS) is 25.0. The van der Waals surface area contributed by atoms with Crippen LogP contribution in [0.2, 0.25) is 0 Å². The summed E-state index contributed by atoms with van der Waals surface area (Å²) in [6.07, 6.45) is 12.7. The van der Waals surface area contributed by atoms with Gasteiger partial charge in [-0.3, -0.25) is 4.79 Å². The molecule has 0 radical (unpaired) electrons. The molecule has 0 heterocycles. The van der Waals surface area contributed by atoms with Gasteiger partial charge in [-0.15, -0.1) is 0 Å². The Balaban J connectivity index is 2.25. The molecule has 0 bridgehead atoms. The number of aliphatic carboxylic acids is 1. The number of carboxylic acid groups (broad SMARTS) is 1. The zero-order valence-electron chi connectivity index (χ0n) is 11.4. The third kappa shape index (κ3) is 4.81. The van der Waals surface area contributed by atoms with Gasteiger partial charge in [-0.1, -0.05) is 31.4 Å². The Morgan fingerprint density at radius 2 is 2.06 bits per heavy atom. The molecular weight excluding hydrogens is 228 g/mol. The Kier molecular flexibility index (Phi) is 6.41. The van der Waals surface area contributed by atoms with Crippen molar-refractivity contribution in [2.45, 2.75) is 70.8 Å². The fourth-order valence-electron chi connectivity index (χ4n) is 2.80. The summed E-state index contributed by atoms with van der Waals surface area (Å²) in [4.78, 5) is 10.4. The maximum atomic E-state index is 10.4. The third-order valence-corrected chi connectivity index (χ3v) is 4.08. The number of allylic oxidation sites excluding steroid dienone is 1. The van der Waals surface area contributed by atoms with Crippen molar-refractivity contribution < 1.29 is 15.0 Å². The van der Waals surface area contributed by atoms with Crippen LogP contribution in [-0.4, -0.2) is 22.3 Å². The Hall–Kier alpha value is -0.830. The van der Waals surface area contributed by atoms with Crippen LogP contribution in [0.25, 0.3) is 0 Å². The lowest BCUT2D eigenvalue weighted by molar-refractivity contribution is -0.137. The number of aliphatic hydroxyl groups excluding tert-OH is 1. The molecule has 18 heavy (non-hydrogen) atoms. The van der Waals surface area contributed by atoms with Gasteiger partial charge in [-0.05, 0) is 39.0 Å². The predicted octanol–water partition coefficient (Wildman–Crippen LogP) is 3.52. The molecule has 1 aliphatic rings. The van der Waals surface area contributed by atoms with Gasteiger partial charge in [0.2, 0.25) is 0 Å². The van der Waals surface area contributed by atoms with Crippen LogP contribution in [0.4, 0.5) is 0 Å². The first-order valence-corrected chi connectivity index (χ1v) is 7.14. The maximum absolute atomic E-state index is 10.4. The van der Waals surface area contributed by atoms with E-state index in [1.807, 2.05) is 6.92 Å². The van der Waals surface area contributed by atoms with Crippen LogP contribution in [0.5, 0.6) is 0 Å². The van der Waals surface area contributed by atoms with Gasteiger partial charge >= 0.3 is 5.97 Å². The topological polar surface area (TPSA) is 57.5 Å². The number of carbonyl (C=O) groups is 1. The highest BCUT2D eigenvalue weighted by Gasteiger charge is 2.32. The average Bonchev–Trinajstić information content (AvgIpc) is 2.34. The van der Waals surface area contributed by atoms with Gasteiger partial charge in [0, 0.05) is 11.8 Å². The van der Waals surface area contributed by atoms with Gasteiger partial charge < -0.3 is 10.2 Å². The SMILES string of the molecule is CC(O)C1(CCCCCCC(=O)O)C=CCCC1. The molecule has 104 valence electrons. The summed E-state index contributed by atoms with van der Waals surface area (Å²) in [5.74, 6) is -0.703. The average molecular weight is 254 g/mol. The van der Waals surface area contributed by atoms with Crippen LogP contribution in [0.3, 0.4) is 0 Å². The minimum atomic E-state index is -0.703. The molecule has 0 aliphatic heterocycles. The number of unbranched alkanes of at least 4 members (excludes halogenated alkanes) is 3. The highest BCUT2D eigenvalue weighted by atomic mass is 16.4. The van der Waals surface area contributed by atoms with Crippen molar-refractivity contribution in [2.75, 3.05) is 0 Å². The molecule has 0 saturated carbocycles. The van der Waals surface area contributed by atoms with E-state index in [1.54, 1.807) is 0 Å². The molecule has 0 amide bonds. The lowest BCUT2D eigenvalue weighted by atomic mass is 9.71. The van der Waals surface area contributed by atoms with E-state index in [1.165, 1.54) is 6.42 Å². The quantitative estimate of drug-likeness (QED) is 0.514. The van der Waals surface area contributed by atoms with Crippen molar-refractivity contribution in [1.29, 1.82) is 0 Å². The van der Waals surface area contributed by atoms with Crippen LogP contribution in [-0.2, 0) is 4.79 Å². The lowest BCUT2D eigenvalue weighted by Crippen LogP contribution is -2.32. The fraction of sp³-hybridized carbons (Fsp3) is 0.800. The third-order valence-electron chi connectivity index (χ3n) is 4.08. The summed E-state index contributed by atoms with van der Waals surface area (Å²) in [6, 6.07) is 0. The van der Waals surface area contributed by atoms with Crippen molar-refractivity contribution in [1.82, 2.24) is 0 Å². The second kappa shape index (κ2) is 7.57. The molecule has 1 aliphatic carbocycles. The van der Waals surface area contributed by atoms with E-state index in [0.717, 1.165) is 44.9 Å². The van der Waals surface area contributed by atoms with Crippen molar-refractivity contribution in [3.8, 4) is 0 Å². The highest BCUT2D eigenvalue weighted by molar-refractivity contribution is 5.66. The number of hydrogen-bond donors (Lipinski definition) is 2. The van der Waals surface area contributed by atoms with Gasteiger partial charge in [0.05, 0.1) is 6.10 Å². The monoisotopic (exact) mass is 254 g/mol. The van der Waals surface area contributed by atoms with Crippen molar-refractivity contribution in [3.05, 3.63) is 12.2 Å². The second-order valence-corrected chi connectivity index (χ2v) is 5.51. The van der Waals surface area contributed by atoms with Crippen molar-refractivity contribution >= 4 is 5.97 Å². The van der Waals surface area contributed by atoms with Crippen LogP contribution >= 0.6 is 0 Å². The second-order valence-electron chi connectivity index (χ2n) is 5.51. The summed E-state index contributed by atoms with van der Waals surface area (Å²) >= 11 is 0. The summed E-state index contributed by atoms with van der Waals surface area (Å²) in [5, 5.41) is 18.5. The summed E-state index contributed by atoms with van der Waals surface area (Å²) in [5.41, 5.74) is -0.0228. The lowest BCUT2D eigenvalue weighted by Gasteiger charge is -2.36. The zero-order valence-corrected chi connectivity index (χ0v) is 11.4. The first kappa shape index (κ1) is 15.2. The number of rotatable bonds is 8. The molecule has 0 aromatic carbocycles. The largest absolute Gasteiger partial charge is 0.481 e. The fourth-order valence-corrected chi connectivity index (χ4v) is 2.80. The molecule has 2 N–H and O–H groups in total. The number of hydrogen-bond acceptors (Lipinski definition) is 2. The van der Waals surface area contributed by atoms with E-state index in [-0.39, 0.29) is 17.9 Å². The minimum absolute atomic E-state index is 0.0228. The smallest absolute Gasteiger partial charge is 0.303 e. The first-order chi connectivity index (χ1) is 8.57. The molecule has 0 fully saturated rings. The molecule has 2 atom stereocenters. The number of aliphatic hydroxyl groups is 1. The van der Waals surface area contributed by atoms with Crippen molar-refractivity contribution in [3.63, 3.8) is 0 Å². The van der Waals surface area contributed by atoms with Crippen LogP contribution in [0.15, 0.2) is 12.2 Å². The Morgan fingerprint density at radius 3 is 2.61 bits per heavy atom. The molecule has 0 aromatic rings. The molecule has 0 aromatic heterocycles. The molecule has 3 nitrogen and oxygen atoms in total. The molecule has 3 heteroatoms. The van der Waals surface area contributed by atoms with Gasteiger partial charge in [-0.25, -0.2) is 0 Å². The molecule has 2 unspecified atom stereocenters. The van der Waals surface area contributed by atoms with E-state index >= 15 is 0 Å². The van der Waals surface area contributed by atoms with E-state index in [0.29, 0.717) is 0 Å². The maximum Gasteiger partial charge on any atom is 0.303 e. The van der Waals surface area contributed by atoms with E-state index in [2.05, 4.69) is 12.2 Å².